The van der Waals surface area contributed by atoms with E-state index in [2.05, 4.69) is 26.8 Å². The van der Waals surface area contributed by atoms with Crippen LogP contribution < -0.4 is 0 Å². The number of rotatable bonds is 2. The van der Waals surface area contributed by atoms with Crippen LogP contribution in [-0.4, -0.2) is 5.78 Å². The van der Waals surface area contributed by atoms with Crippen molar-refractivity contribution in [3.05, 3.63) is 11.6 Å². The third kappa shape index (κ3) is 0.762. The SMILES string of the molecule is CCCC1(C)C2C=C(C)C(=O)C21C. The molecule has 0 aromatic carbocycles. The Kier molecular flexibility index (Phi) is 1.56. The van der Waals surface area contributed by atoms with E-state index in [1.165, 1.54) is 12.8 Å². The molecule has 3 unspecified atom stereocenters. The smallest absolute Gasteiger partial charge is 0.165 e. The summed E-state index contributed by atoms with van der Waals surface area (Å²) in [6.07, 6.45) is 4.56. The van der Waals surface area contributed by atoms with E-state index < -0.39 is 0 Å². The van der Waals surface area contributed by atoms with Gasteiger partial charge in [0.25, 0.3) is 0 Å². The first-order valence-corrected chi connectivity index (χ1v) is 5.21. The molecule has 0 aromatic rings. The van der Waals surface area contributed by atoms with Crippen LogP contribution in [0.1, 0.15) is 40.5 Å². The summed E-state index contributed by atoms with van der Waals surface area (Å²) in [5.74, 6) is 0.931. The van der Waals surface area contributed by atoms with E-state index in [0.717, 1.165) is 5.57 Å². The van der Waals surface area contributed by atoms with Gasteiger partial charge in [0, 0.05) is 5.41 Å². The number of carbonyl (C=O) groups excluding carboxylic acids is 1. The van der Waals surface area contributed by atoms with Crippen molar-refractivity contribution < 1.29 is 4.79 Å². The molecule has 0 spiro atoms. The van der Waals surface area contributed by atoms with Gasteiger partial charge in [0.2, 0.25) is 0 Å². The van der Waals surface area contributed by atoms with Crippen LogP contribution in [0.2, 0.25) is 0 Å². The Hall–Kier alpha value is -0.590. The van der Waals surface area contributed by atoms with Gasteiger partial charge in [-0.25, -0.2) is 0 Å². The number of ketones is 1. The molecule has 2 aliphatic carbocycles. The fourth-order valence-electron chi connectivity index (χ4n) is 3.34. The van der Waals surface area contributed by atoms with E-state index in [0.29, 0.717) is 11.7 Å². The molecule has 2 rings (SSSR count). The second-order valence-electron chi connectivity index (χ2n) is 5.03. The van der Waals surface area contributed by atoms with Crippen LogP contribution in [0.5, 0.6) is 0 Å². The lowest BCUT2D eigenvalue weighted by atomic mass is 9.86. The predicted octanol–water partition coefficient (Wildman–Crippen LogP) is 2.96. The van der Waals surface area contributed by atoms with Gasteiger partial charge in [-0.05, 0) is 30.3 Å². The molecule has 0 aliphatic heterocycles. The third-order valence-corrected chi connectivity index (χ3v) is 4.43. The number of hydrogen-bond acceptors (Lipinski definition) is 1. The first-order valence-electron chi connectivity index (χ1n) is 5.21. The van der Waals surface area contributed by atoms with Crippen molar-refractivity contribution in [1.29, 1.82) is 0 Å². The van der Waals surface area contributed by atoms with Gasteiger partial charge in [-0.15, -0.1) is 0 Å². The molecule has 0 aromatic heterocycles. The highest BCUT2D eigenvalue weighted by Crippen LogP contribution is 2.75. The zero-order valence-electron chi connectivity index (χ0n) is 8.98. The van der Waals surface area contributed by atoms with Gasteiger partial charge < -0.3 is 0 Å². The summed E-state index contributed by atoms with van der Waals surface area (Å²) in [6, 6.07) is 0. The second kappa shape index (κ2) is 2.26. The van der Waals surface area contributed by atoms with Crippen molar-refractivity contribution in [2.24, 2.45) is 16.7 Å². The summed E-state index contributed by atoms with van der Waals surface area (Å²) in [4.78, 5) is 11.9. The van der Waals surface area contributed by atoms with Gasteiger partial charge in [0.1, 0.15) is 0 Å². The molecule has 1 saturated carbocycles. The minimum absolute atomic E-state index is 0.0346. The Bertz CT molecular complexity index is 302. The summed E-state index contributed by atoms with van der Waals surface area (Å²) >= 11 is 0. The first kappa shape index (κ1) is 8.98. The van der Waals surface area contributed by atoms with Crippen LogP contribution >= 0.6 is 0 Å². The van der Waals surface area contributed by atoms with Gasteiger partial charge in [-0.2, -0.15) is 0 Å². The molecule has 2 aliphatic rings. The molecule has 0 saturated heterocycles. The normalized spacial score (nSPS) is 47.5. The highest BCUT2D eigenvalue weighted by atomic mass is 16.1. The third-order valence-electron chi connectivity index (χ3n) is 4.43. The van der Waals surface area contributed by atoms with E-state index in [1.54, 1.807) is 0 Å². The molecule has 3 atom stereocenters. The Morgan fingerprint density at radius 3 is 2.46 bits per heavy atom. The van der Waals surface area contributed by atoms with Crippen LogP contribution in [0, 0.1) is 16.7 Å². The molecule has 0 radical (unpaired) electrons. The quantitative estimate of drug-likeness (QED) is 0.635. The number of fused-ring (bicyclic) bond motifs is 1. The van der Waals surface area contributed by atoms with Crippen LogP contribution in [0.15, 0.2) is 11.6 Å². The van der Waals surface area contributed by atoms with Gasteiger partial charge >= 0.3 is 0 Å². The number of allylic oxidation sites excluding steroid dienone is 2. The molecule has 0 bridgehead atoms. The molecule has 0 amide bonds. The molecule has 13 heavy (non-hydrogen) atoms. The van der Waals surface area contributed by atoms with Crippen molar-refractivity contribution in [3.63, 3.8) is 0 Å². The van der Waals surface area contributed by atoms with Gasteiger partial charge in [0.05, 0.1) is 0 Å². The Labute approximate surface area is 80.2 Å². The van der Waals surface area contributed by atoms with Crippen molar-refractivity contribution in [2.45, 2.75) is 40.5 Å². The highest BCUT2D eigenvalue weighted by molar-refractivity contribution is 6.06. The average Bonchev–Trinajstić information content (AvgIpc) is 2.39. The largest absolute Gasteiger partial charge is 0.294 e. The Morgan fingerprint density at radius 1 is 1.46 bits per heavy atom. The maximum atomic E-state index is 11.9. The van der Waals surface area contributed by atoms with E-state index in [-0.39, 0.29) is 10.8 Å². The number of Topliss-reactive ketones (excluding diaryl/α,β-unsaturated/α-hetero) is 1. The van der Waals surface area contributed by atoms with Crippen molar-refractivity contribution in [3.8, 4) is 0 Å². The molecular weight excluding hydrogens is 160 g/mol. The van der Waals surface area contributed by atoms with E-state index in [4.69, 9.17) is 0 Å². The fraction of sp³-hybridized carbons (Fsp3) is 0.750. The van der Waals surface area contributed by atoms with Gasteiger partial charge in [-0.1, -0.05) is 33.3 Å². The summed E-state index contributed by atoms with van der Waals surface area (Å²) < 4.78 is 0. The molecule has 1 heteroatoms. The van der Waals surface area contributed by atoms with E-state index in [1.807, 2.05) is 6.92 Å². The summed E-state index contributed by atoms with van der Waals surface area (Å²) in [5, 5.41) is 0. The van der Waals surface area contributed by atoms with Gasteiger partial charge in [-0.3, -0.25) is 4.79 Å². The zero-order valence-corrected chi connectivity index (χ0v) is 8.98. The zero-order chi connectivity index (χ0) is 9.85. The topological polar surface area (TPSA) is 17.1 Å². The average molecular weight is 178 g/mol. The predicted molar refractivity (Wildman–Crippen MR) is 53.4 cm³/mol. The number of hydrogen-bond donors (Lipinski definition) is 0. The van der Waals surface area contributed by atoms with Crippen LogP contribution in [0.4, 0.5) is 0 Å². The second-order valence-corrected chi connectivity index (χ2v) is 5.03. The van der Waals surface area contributed by atoms with E-state index >= 15 is 0 Å². The minimum Gasteiger partial charge on any atom is -0.294 e. The molecular formula is C12H18O. The molecule has 0 heterocycles. The highest BCUT2D eigenvalue weighted by Gasteiger charge is 2.75. The van der Waals surface area contributed by atoms with Gasteiger partial charge in [0.15, 0.2) is 5.78 Å². The minimum atomic E-state index is -0.0346. The lowest BCUT2D eigenvalue weighted by Crippen LogP contribution is -2.19. The molecule has 72 valence electrons. The van der Waals surface area contributed by atoms with Crippen molar-refractivity contribution in [2.75, 3.05) is 0 Å². The Balaban J connectivity index is 2.30. The summed E-state index contributed by atoms with van der Waals surface area (Å²) in [7, 11) is 0. The number of carbonyl (C=O) groups is 1. The van der Waals surface area contributed by atoms with Crippen LogP contribution in [0.3, 0.4) is 0 Å². The van der Waals surface area contributed by atoms with Crippen LogP contribution in [-0.2, 0) is 4.79 Å². The van der Waals surface area contributed by atoms with E-state index in [9.17, 15) is 4.79 Å². The van der Waals surface area contributed by atoms with Crippen molar-refractivity contribution >= 4 is 5.78 Å². The monoisotopic (exact) mass is 178 g/mol. The summed E-state index contributed by atoms with van der Waals surface area (Å²) in [6.45, 7) is 8.56. The first-order chi connectivity index (χ1) is 5.98. The summed E-state index contributed by atoms with van der Waals surface area (Å²) in [5.41, 5.74) is 1.23. The standard InChI is InChI=1S/C12H18O/c1-5-6-11(3)9-7-8(2)10(13)12(9,11)4/h7,9H,5-6H2,1-4H3. The lowest BCUT2D eigenvalue weighted by molar-refractivity contribution is -0.120. The maximum absolute atomic E-state index is 11.9. The van der Waals surface area contributed by atoms with Crippen molar-refractivity contribution in [1.82, 2.24) is 0 Å². The fourth-order valence-corrected chi connectivity index (χ4v) is 3.34. The molecule has 1 nitrogen and oxygen atoms in total. The molecule has 0 N–H and O–H groups in total. The lowest BCUT2D eigenvalue weighted by Gasteiger charge is -2.17. The maximum Gasteiger partial charge on any atom is 0.165 e. The molecule has 1 fully saturated rings. The van der Waals surface area contributed by atoms with Crippen LogP contribution in [0.25, 0.3) is 0 Å². The Morgan fingerprint density at radius 2 is 2.08 bits per heavy atom.